The molecule has 0 atom stereocenters. The van der Waals surface area contributed by atoms with E-state index in [0.717, 1.165) is 17.1 Å². The van der Waals surface area contributed by atoms with Gasteiger partial charge in [-0.3, -0.25) is 10.0 Å². The molecule has 2 rings (SSSR count). The summed E-state index contributed by atoms with van der Waals surface area (Å²) in [4.78, 5) is 4.51. The quantitative estimate of drug-likeness (QED) is 0.464. The number of nitrogens with zero attached hydrogens (tertiary/aromatic N) is 2. The molecule has 0 unspecified atom stereocenters. The Labute approximate surface area is 140 Å². The average Bonchev–Trinajstić information content (AvgIpc) is 2.47. The lowest BCUT2D eigenvalue weighted by Gasteiger charge is -2.21. The van der Waals surface area contributed by atoms with Gasteiger partial charge < -0.3 is 0 Å². The minimum absolute atomic E-state index is 0.500. The molecule has 0 saturated heterocycles. The van der Waals surface area contributed by atoms with E-state index in [1.54, 1.807) is 18.2 Å². The third-order valence-electron chi connectivity index (χ3n) is 3.04. The van der Waals surface area contributed by atoms with Gasteiger partial charge in [0.15, 0.2) is 0 Å². The second-order valence-corrected chi connectivity index (χ2v) is 5.63. The number of hydrazine groups is 1. The van der Waals surface area contributed by atoms with Crippen LogP contribution in [0, 0.1) is 0 Å². The third-order valence-corrected chi connectivity index (χ3v) is 3.65. The van der Waals surface area contributed by atoms with Gasteiger partial charge in [0, 0.05) is 11.4 Å². The van der Waals surface area contributed by atoms with Crippen LogP contribution >= 0.6 is 23.2 Å². The molecule has 0 saturated carbocycles. The molecule has 114 valence electrons. The normalized spacial score (nSPS) is 12.4. The maximum absolute atomic E-state index is 6.17. The van der Waals surface area contributed by atoms with Crippen molar-refractivity contribution in [2.24, 2.45) is 10.8 Å². The second kappa shape index (κ2) is 7.45. The summed E-state index contributed by atoms with van der Waals surface area (Å²) < 4.78 is 0. The lowest BCUT2D eigenvalue weighted by Crippen LogP contribution is -2.29. The van der Waals surface area contributed by atoms with Crippen molar-refractivity contribution in [2.45, 2.75) is 13.8 Å². The first kappa shape index (κ1) is 16.6. The molecular weight excluding hydrogens is 317 g/mol. The van der Waals surface area contributed by atoms with Crippen molar-refractivity contribution in [3.05, 3.63) is 70.3 Å². The number of hydrogen-bond acceptors (Lipinski definition) is 3. The summed E-state index contributed by atoms with van der Waals surface area (Å²) in [6.45, 7) is 3.79. The summed E-state index contributed by atoms with van der Waals surface area (Å²) in [5.41, 5.74) is 3.09. The maximum atomic E-state index is 6.17. The van der Waals surface area contributed by atoms with Gasteiger partial charge in [0.05, 0.1) is 21.4 Å². The van der Waals surface area contributed by atoms with Crippen molar-refractivity contribution < 1.29 is 0 Å². The van der Waals surface area contributed by atoms with Crippen molar-refractivity contribution in [3.8, 4) is 0 Å². The number of para-hydroxylation sites is 2. The van der Waals surface area contributed by atoms with E-state index in [1.807, 2.05) is 50.3 Å². The monoisotopic (exact) mass is 333 g/mol. The maximum Gasteiger partial charge on any atom is 0.0943 e. The summed E-state index contributed by atoms with van der Waals surface area (Å²) in [5, 5.41) is 2.47. The molecular formula is C17H17Cl2N3. The van der Waals surface area contributed by atoms with Gasteiger partial charge in [0.25, 0.3) is 0 Å². The molecule has 0 amide bonds. The predicted octanol–water partition coefficient (Wildman–Crippen LogP) is 5.37. The lowest BCUT2D eigenvalue weighted by molar-refractivity contribution is 0.997. The van der Waals surface area contributed by atoms with Gasteiger partial charge in [0.2, 0.25) is 0 Å². The molecule has 0 aliphatic heterocycles. The number of halogens is 2. The Morgan fingerprint density at radius 3 is 2.18 bits per heavy atom. The molecule has 22 heavy (non-hydrogen) atoms. The zero-order valence-electron chi connectivity index (χ0n) is 12.4. The SMILES string of the molecule is CC(/C=C(/C)N(N)c1c(Cl)cccc1Cl)=Nc1ccccc1. The minimum atomic E-state index is 0.500. The van der Waals surface area contributed by atoms with Crippen LogP contribution in [0.3, 0.4) is 0 Å². The summed E-state index contributed by atoms with van der Waals surface area (Å²) in [6.07, 6.45) is 1.88. The van der Waals surface area contributed by atoms with Crippen molar-refractivity contribution >= 4 is 40.3 Å². The van der Waals surface area contributed by atoms with Gasteiger partial charge in [0.1, 0.15) is 0 Å². The van der Waals surface area contributed by atoms with Gasteiger partial charge in [-0.1, -0.05) is 47.5 Å². The number of hydrogen-bond donors (Lipinski definition) is 1. The highest BCUT2D eigenvalue weighted by atomic mass is 35.5. The van der Waals surface area contributed by atoms with Crippen LogP contribution in [0.15, 0.2) is 65.3 Å². The Morgan fingerprint density at radius 2 is 1.59 bits per heavy atom. The second-order valence-electron chi connectivity index (χ2n) is 4.81. The van der Waals surface area contributed by atoms with Gasteiger partial charge in [-0.05, 0) is 44.2 Å². The van der Waals surface area contributed by atoms with Crippen LogP contribution in [0.1, 0.15) is 13.8 Å². The molecule has 0 bridgehead atoms. The summed E-state index contributed by atoms with van der Waals surface area (Å²) in [6, 6.07) is 15.0. The third kappa shape index (κ3) is 4.10. The molecule has 0 radical (unpaired) electrons. The number of rotatable bonds is 4. The van der Waals surface area contributed by atoms with Crippen LogP contribution in [0.5, 0.6) is 0 Å². The fraction of sp³-hybridized carbons (Fsp3) is 0.118. The van der Waals surface area contributed by atoms with E-state index in [9.17, 15) is 0 Å². The molecule has 0 aliphatic rings. The Kier molecular flexibility index (Phi) is 5.61. The summed E-state index contributed by atoms with van der Waals surface area (Å²) >= 11 is 12.3. The lowest BCUT2D eigenvalue weighted by atomic mass is 10.2. The fourth-order valence-electron chi connectivity index (χ4n) is 2.01. The topological polar surface area (TPSA) is 41.6 Å². The highest BCUT2D eigenvalue weighted by Gasteiger charge is 2.12. The van der Waals surface area contributed by atoms with Crippen LogP contribution in [-0.2, 0) is 0 Å². The van der Waals surface area contributed by atoms with E-state index in [1.165, 1.54) is 5.01 Å². The highest BCUT2D eigenvalue weighted by molar-refractivity contribution is 6.39. The Balaban J connectivity index is 2.27. The van der Waals surface area contributed by atoms with Gasteiger partial charge in [-0.15, -0.1) is 0 Å². The number of allylic oxidation sites excluding steroid dienone is 2. The Morgan fingerprint density at radius 1 is 1.00 bits per heavy atom. The van der Waals surface area contributed by atoms with Crippen LogP contribution < -0.4 is 10.9 Å². The van der Waals surface area contributed by atoms with E-state index < -0.39 is 0 Å². The zero-order chi connectivity index (χ0) is 16.1. The smallest absolute Gasteiger partial charge is 0.0943 e. The molecule has 2 aromatic carbocycles. The van der Waals surface area contributed by atoms with E-state index in [4.69, 9.17) is 29.0 Å². The molecule has 0 spiro atoms. The summed E-state index contributed by atoms with van der Waals surface area (Å²) in [5.74, 6) is 6.12. The fourth-order valence-corrected chi connectivity index (χ4v) is 2.59. The number of nitrogens with two attached hydrogens (primary N) is 1. The average molecular weight is 334 g/mol. The number of benzene rings is 2. The van der Waals surface area contributed by atoms with Crippen molar-refractivity contribution in [1.29, 1.82) is 0 Å². The minimum Gasteiger partial charge on any atom is -0.281 e. The Hall–Kier alpha value is -1.81. The largest absolute Gasteiger partial charge is 0.281 e. The van der Waals surface area contributed by atoms with Crippen molar-refractivity contribution in [3.63, 3.8) is 0 Å². The number of aliphatic imine (C=N–C) groups is 1. The highest BCUT2D eigenvalue weighted by Crippen LogP contribution is 2.33. The van der Waals surface area contributed by atoms with Crippen LogP contribution in [0.25, 0.3) is 0 Å². The molecule has 0 fully saturated rings. The molecule has 0 heterocycles. The van der Waals surface area contributed by atoms with E-state index in [0.29, 0.717) is 15.7 Å². The Bertz CT molecular complexity index is 689. The van der Waals surface area contributed by atoms with E-state index in [-0.39, 0.29) is 0 Å². The molecule has 3 nitrogen and oxygen atoms in total. The molecule has 2 N–H and O–H groups in total. The van der Waals surface area contributed by atoms with E-state index >= 15 is 0 Å². The standard InChI is InChI=1S/C17H17Cl2N3/c1-12(21-14-7-4-3-5-8-14)11-13(2)22(20)17-15(18)9-6-10-16(17)19/h3-11H,20H2,1-2H3/b13-11-,21-12?. The van der Waals surface area contributed by atoms with Crippen LogP contribution in [0.2, 0.25) is 10.0 Å². The molecule has 0 aliphatic carbocycles. The molecule has 0 aromatic heterocycles. The number of anilines is 1. The zero-order valence-corrected chi connectivity index (χ0v) is 13.9. The first-order valence-electron chi connectivity index (χ1n) is 6.76. The molecule has 2 aromatic rings. The van der Waals surface area contributed by atoms with Crippen molar-refractivity contribution in [2.75, 3.05) is 5.01 Å². The van der Waals surface area contributed by atoms with Gasteiger partial charge >= 0.3 is 0 Å². The first-order valence-corrected chi connectivity index (χ1v) is 7.52. The summed E-state index contributed by atoms with van der Waals surface area (Å²) in [7, 11) is 0. The van der Waals surface area contributed by atoms with Crippen molar-refractivity contribution in [1.82, 2.24) is 0 Å². The first-order chi connectivity index (χ1) is 10.5. The molecule has 5 heteroatoms. The van der Waals surface area contributed by atoms with Gasteiger partial charge in [-0.2, -0.15) is 0 Å². The van der Waals surface area contributed by atoms with Gasteiger partial charge in [-0.25, -0.2) is 5.84 Å². The predicted molar refractivity (Wildman–Crippen MR) is 96.1 cm³/mol. The van der Waals surface area contributed by atoms with Crippen LogP contribution in [-0.4, -0.2) is 5.71 Å². The van der Waals surface area contributed by atoms with Crippen LogP contribution in [0.4, 0.5) is 11.4 Å². The van der Waals surface area contributed by atoms with E-state index in [2.05, 4.69) is 4.99 Å².